The Hall–Kier alpha value is -3.02. The number of anilines is 2. The largest absolute Gasteiger partial charge is 0.454 e. The van der Waals surface area contributed by atoms with Crippen LogP contribution in [0.2, 0.25) is 0 Å². The molecule has 0 aromatic heterocycles. The molecule has 0 saturated heterocycles. The zero-order valence-corrected chi connectivity index (χ0v) is 16.9. The van der Waals surface area contributed by atoms with Gasteiger partial charge in [0.15, 0.2) is 11.5 Å². The molecule has 1 N–H and O–H groups in total. The van der Waals surface area contributed by atoms with Crippen LogP contribution in [0.5, 0.6) is 11.5 Å². The Bertz CT molecular complexity index is 917. The van der Waals surface area contributed by atoms with Crippen LogP contribution in [0.4, 0.5) is 11.4 Å². The fourth-order valence-corrected chi connectivity index (χ4v) is 4.20. The van der Waals surface area contributed by atoms with Crippen LogP contribution in [0.15, 0.2) is 42.5 Å². The van der Waals surface area contributed by atoms with Crippen molar-refractivity contribution in [3.63, 3.8) is 0 Å². The molecule has 2 aromatic carbocycles. The first kappa shape index (κ1) is 19.3. The molecule has 0 atom stereocenters. The van der Waals surface area contributed by atoms with E-state index in [-0.39, 0.29) is 18.6 Å². The molecule has 1 fully saturated rings. The summed E-state index contributed by atoms with van der Waals surface area (Å²) in [4.78, 5) is 26.6. The number of carbonyl (C=O) groups is 2. The SMILES string of the molecule is CC(=O)N(C)c1ccc(NC(=O)C2(c3ccc4c(c3)OCO4)CCCCC2)cc1. The molecule has 0 bridgehead atoms. The highest BCUT2D eigenvalue weighted by Gasteiger charge is 2.42. The molecule has 2 aliphatic rings. The molecule has 6 nitrogen and oxygen atoms in total. The highest BCUT2D eigenvalue weighted by Crippen LogP contribution is 2.44. The van der Waals surface area contributed by atoms with Crippen molar-refractivity contribution in [3.05, 3.63) is 48.0 Å². The maximum absolute atomic E-state index is 13.5. The summed E-state index contributed by atoms with van der Waals surface area (Å²) in [5.74, 6) is 1.40. The van der Waals surface area contributed by atoms with Crippen LogP contribution in [0.3, 0.4) is 0 Å². The number of nitrogens with one attached hydrogen (secondary N) is 1. The Morgan fingerprint density at radius 3 is 2.34 bits per heavy atom. The summed E-state index contributed by atoms with van der Waals surface area (Å²) in [6, 6.07) is 13.2. The van der Waals surface area contributed by atoms with Gasteiger partial charge in [0.2, 0.25) is 18.6 Å². The van der Waals surface area contributed by atoms with Gasteiger partial charge >= 0.3 is 0 Å². The number of fused-ring (bicyclic) bond motifs is 1. The van der Waals surface area contributed by atoms with Crippen molar-refractivity contribution in [1.29, 1.82) is 0 Å². The monoisotopic (exact) mass is 394 g/mol. The van der Waals surface area contributed by atoms with Crippen molar-refractivity contribution in [2.24, 2.45) is 0 Å². The molecule has 2 amide bonds. The van der Waals surface area contributed by atoms with Gasteiger partial charge in [-0.15, -0.1) is 0 Å². The van der Waals surface area contributed by atoms with Crippen LogP contribution < -0.4 is 19.7 Å². The molecular weight excluding hydrogens is 368 g/mol. The van der Waals surface area contributed by atoms with E-state index >= 15 is 0 Å². The molecule has 1 aliphatic heterocycles. The Kier molecular flexibility index (Phi) is 5.18. The van der Waals surface area contributed by atoms with E-state index in [1.54, 1.807) is 11.9 Å². The molecule has 4 rings (SSSR count). The zero-order chi connectivity index (χ0) is 20.4. The van der Waals surface area contributed by atoms with E-state index in [0.717, 1.165) is 54.8 Å². The topological polar surface area (TPSA) is 67.9 Å². The quantitative estimate of drug-likeness (QED) is 0.842. The van der Waals surface area contributed by atoms with Gasteiger partial charge in [0, 0.05) is 25.3 Å². The third-order valence-corrected chi connectivity index (χ3v) is 6.05. The van der Waals surface area contributed by atoms with E-state index in [4.69, 9.17) is 9.47 Å². The third kappa shape index (κ3) is 3.67. The van der Waals surface area contributed by atoms with Gasteiger partial charge in [-0.05, 0) is 54.8 Å². The highest BCUT2D eigenvalue weighted by atomic mass is 16.7. The van der Waals surface area contributed by atoms with Crippen LogP contribution in [-0.4, -0.2) is 25.7 Å². The molecule has 6 heteroatoms. The normalized spacial score (nSPS) is 16.9. The summed E-state index contributed by atoms with van der Waals surface area (Å²) in [5, 5.41) is 3.10. The molecule has 0 radical (unpaired) electrons. The van der Waals surface area contributed by atoms with Crippen molar-refractivity contribution in [2.45, 2.75) is 44.4 Å². The third-order valence-electron chi connectivity index (χ3n) is 6.05. The second-order valence-electron chi connectivity index (χ2n) is 7.79. The maximum atomic E-state index is 13.5. The number of rotatable bonds is 4. The maximum Gasteiger partial charge on any atom is 0.235 e. The first-order chi connectivity index (χ1) is 14.0. The van der Waals surface area contributed by atoms with Crippen molar-refractivity contribution in [1.82, 2.24) is 0 Å². The lowest BCUT2D eigenvalue weighted by Crippen LogP contribution is -2.42. The van der Waals surface area contributed by atoms with Gasteiger partial charge in [0.05, 0.1) is 5.41 Å². The molecule has 1 heterocycles. The van der Waals surface area contributed by atoms with Crippen LogP contribution in [-0.2, 0) is 15.0 Å². The lowest BCUT2D eigenvalue weighted by atomic mass is 9.68. The number of amides is 2. The van der Waals surface area contributed by atoms with E-state index < -0.39 is 5.41 Å². The molecule has 1 aliphatic carbocycles. The van der Waals surface area contributed by atoms with Gasteiger partial charge in [-0.25, -0.2) is 0 Å². The van der Waals surface area contributed by atoms with Gasteiger partial charge in [0.25, 0.3) is 0 Å². The van der Waals surface area contributed by atoms with E-state index in [1.165, 1.54) is 6.92 Å². The molecule has 2 aromatic rings. The van der Waals surface area contributed by atoms with Gasteiger partial charge in [0.1, 0.15) is 0 Å². The Morgan fingerprint density at radius 2 is 1.66 bits per heavy atom. The predicted molar refractivity (Wildman–Crippen MR) is 111 cm³/mol. The Morgan fingerprint density at radius 1 is 0.966 bits per heavy atom. The first-order valence-electron chi connectivity index (χ1n) is 10.1. The minimum atomic E-state index is -0.575. The van der Waals surface area contributed by atoms with E-state index in [2.05, 4.69) is 5.32 Å². The zero-order valence-electron chi connectivity index (χ0n) is 16.9. The number of hydrogen-bond donors (Lipinski definition) is 1. The molecule has 152 valence electrons. The molecule has 0 unspecified atom stereocenters. The molecule has 29 heavy (non-hydrogen) atoms. The van der Waals surface area contributed by atoms with E-state index in [0.29, 0.717) is 5.75 Å². The standard InChI is InChI=1S/C23H26N2O4/c1-16(26)25(2)19-9-7-18(8-10-19)24-22(27)23(12-4-3-5-13-23)17-6-11-20-21(14-17)29-15-28-20/h6-11,14H,3-5,12-13,15H2,1-2H3,(H,24,27). The fraction of sp³-hybridized carbons (Fsp3) is 0.391. The summed E-state index contributed by atoms with van der Waals surface area (Å²) in [5.41, 5.74) is 1.92. The lowest BCUT2D eigenvalue weighted by molar-refractivity contribution is -0.122. The molecule has 0 spiro atoms. The summed E-state index contributed by atoms with van der Waals surface area (Å²) in [7, 11) is 1.73. The molecular formula is C23H26N2O4. The van der Waals surface area contributed by atoms with Gasteiger partial charge in [-0.2, -0.15) is 0 Å². The van der Waals surface area contributed by atoms with Crippen molar-refractivity contribution in [3.8, 4) is 11.5 Å². The average molecular weight is 394 g/mol. The Balaban J connectivity index is 1.59. The number of hydrogen-bond acceptors (Lipinski definition) is 4. The lowest BCUT2D eigenvalue weighted by Gasteiger charge is -2.36. The van der Waals surface area contributed by atoms with Crippen LogP contribution in [0.25, 0.3) is 0 Å². The van der Waals surface area contributed by atoms with Gasteiger partial charge in [-0.1, -0.05) is 25.3 Å². The smallest absolute Gasteiger partial charge is 0.235 e. The minimum Gasteiger partial charge on any atom is -0.454 e. The van der Waals surface area contributed by atoms with Crippen molar-refractivity contribution >= 4 is 23.2 Å². The fourth-order valence-electron chi connectivity index (χ4n) is 4.20. The van der Waals surface area contributed by atoms with E-state index in [9.17, 15) is 9.59 Å². The second-order valence-corrected chi connectivity index (χ2v) is 7.79. The van der Waals surface area contributed by atoms with Crippen molar-refractivity contribution < 1.29 is 19.1 Å². The summed E-state index contributed by atoms with van der Waals surface area (Å²) in [6.07, 6.45) is 4.80. The summed E-state index contributed by atoms with van der Waals surface area (Å²) < 4.78 is 11.0. The first-order valence-corrected chi connectivity index (χ1v) is 10.1. The average Bonchev–Trinajstić information content (AvgIpc) is 3.22. The van der Waals surface area contributed by atoms with Gasteiger partial charge < -0.3 is 19.7 Å². The van der Waals surface area contributed by atoms with Crippen LogP contribution >= 0.6 is 0 Å². The Labute approximate surface area is 170 Å². The summed E-state index contributed by atoms with van der Waals surface area (Å²) in [6.45, 7) is 1.74. The van der Waals surface area contributed by atoms with Crippen LogP contribution in [0, 0.1) is 0 Å². The van der Waals surface area contributed by atoms with Crippen LogP contribution in [0.1, 0.15) is 44.6 Å². The predicted octanol–water partition coefficient (Wildman–Crippen LogP) is 4.24. The second kappa shape index (κ2) is 7.78. The number of benzene rings is 2. The number of ether oxygens (including phenoxy) is 2. The molecule has 1 saturated carbocycles. The minimum absolute atomic E-state index is 0.00346. The number of nitrogens with zero attached hydrogens (tertiary/aromatic N) is 1. The summed E-state index contributed by atoms with van der Waals surface area (Å²) >= 11 is 0. The van der Waals surface area contributed by atoms with E-state index in [1.807, 2.05) is 42.5 Å². The number of carbonyl (C=O) groups excluding carboxylic acids is 2. The van der Waals surface area contributed by atoms with Crippen molar-refractivity contribution in [2.75, 3.05) is 24.1 Å². The van der Waals surface area contributed by atoms with Gasteiger partial charge in [-0.3, -0.25) is 9.59 Å². The highest BCUT2D eigenvalue weighted by molar-refractivity contribution is 5.99.